The Labute approximate surface area is 155 Å². The number of hydrogen-bond acceptors (Lipinski definition) is 5. The van der Waals surface area contributed by atoms with Gasteiger partial charge in [-0.15, -0.1) is 0 Å². The lowest BCUT2D eigenvalue weighted by Gasteiger charge is -2.25. The molecule has 0 rings (SSSR count). The summed E-state index contributed by atoms with van der Waals surface area (Å²) in [6.07, 6.45) is 2.15. The van der Waals surface area contributed by atoms with Gasteiger partial charge in [-0.05, 0) is 31.1 Å². The quantitative estimate of drug-likeness (QED) is 0.117. The van der Waals surface area contributed by atoms with Crippen LogP contribution in [0.1, 0.15) is 47.0 Å². The van der Waals surface area contributed by atoms with Gasteiger partial charge in [0.05, 0.1) is 12.1 Å². The maximum absolute atomic E-state index is 12.5. The molecule has 0 saturated carbocycles. The third kappa shape index (κ3) is 9.97. The topological polar surface area (TPSA) is 163 Å². The SMILES string of the molecule is CC(C)C[C@H](N)C(=O)N[C@H](C(=O)N[C@H](C=O)CCCNC(=N)N)C(C)C. The van der Waals surface area contributed by atoms with Crippen LogP contribution in [0.4, 0.5) is 0 Å². The summed E-state index contributed by atoms with van der Waals surface area (Å²) in [6.45, 7) is 7.99. The van der Waals surface area contributed by atoms with E-state index in [1.807, 2.05) is 27.7 Å². The Kier molecular flexibility index (Phi) is 11.2. The number of carbonyl (C=O) groups is 3. The van der Waals surface area contributed by atoms with Crippen LogP contribution < -0.4 is 27.4 Å². The summed E-state index contributed by atoms with van der Waals surface area (Å²) in [7, 11) is 0. The van der Waals surface area contributed by atoms with Crippen molar-refractivity contribution in [2.24, 2.45) is 23.3 Å². The summed E-state index contributed by atoms with van der Waals surface area (Å²) in [5, 5.41) is 15.0. The van der Waals surface area contributed by atoms with E-state index in [9.17, 15) is 14.4 Å². The van der Waals surface area contributed by atoms with E-state index in [1.165, 1.54) is 0 Å². The zero-order chi connectivity index (χ0) is 20.3. The molecule has 3 atom stereocenters. The number of aldehydes is 1. The smallest absolute Gasteiger partial charge is 0.243 e. The van der Waals surface area contributed by atoms with Crippen LogP contribution in [0, 0.1) is 17.2 Å². The molecule has 0 aromatic heterocycles. The Bertz CT molecular complexity index is 481. The summed E-state index contributed by atoms with van der Waals surface area (Å²) in [6, 6.07) is -2.11. The summed E-state index contributed by atoms with van der Waals surface area (Å²) >= 11 is 0. The molecule has 150 valence electrons. The van der Waals surface area contributed by atoms with Crippen molar-refractivity contribution in [2.75, 3.05) is 6.54 Å². The molecular weight excluding hydrogens is 336 g/mol. The van der Waals surface area contributed by atoms with Gasteiger partial charge < -0.3 is 32.2 Å². The molecule has 0 saturated heterocycles. The van der Waals surface area contributed by atoms with Crippen LogP contribution in [0.2, 0.25) is 0 Å². The van der Waals surface area contributed by atoms with Crippen LogP contribution in [0.15, 0.2) is 0 Å². The molecule has 0 aromatic carbocycles. The molecule has 0 spiro atoms. The fourth-order valence-corrected chi connectivity index (χ4v) is 2.40. The molecule has 2 amide bonds. The first-order valence-corrected chi connectivity index (χ1v) is 8.98. The van der Waals surface area contributed by atoms with Gasteiger partial charge in [0.2, 0.25) is 11.8 Å². The minimum absolute atomic E-state index is 0.142. The second-order valence-corrected chi connectivity index (χ2v) is 7.20. The molecule has 9 heteroatoms. The third-order valence-electron chi connectivity index (χ3n) is 3.81. The Morgan fingerprint density at radius 1 is 1.12 bits per heavy atom. The Balaban J connectivity index is 4.67. The van der Waals surface area contributed by atoms with Crippen molar-refractivity contribution in [3.05, 3.63) is 0 Å². The number of guanidine groups is 1. The number of hydrogen-bond donors (Lipinski definition) is 6. The minimum Gasteiger partial charge on any atom is -0.370 e. The van der Waals surface area contributed by atoms with Crippen molar-refractivity contribution in [3.63, 3.8) is 0 Å². The fourth-order valence-electron chi connectivity index (χ4n) is 2.40. The third-order valence-corrected chi connectivity index (χ3v) is 3.81. The molecule has 0 radical (unpaired) electrons. The number of nitrogens with one attached hydrogen (secondary N) is 4. The van der Waals surface area contributed by atoms with Crippen LogP contribution in [0.3, 0.4) is 0 Å². The van der Waals surface area contributed by atoms with Gasteiger partial charge in [0, 0.05) is 6.54 Å². The molecule has 26 heavy (non-hydrogen) atoms. The standard InChI is InChI=1S/C17H34N6O3/c1-10(2)8-13(18)15(25)23-14(11(3)4)16(26)22-12(9-24)6-5-7-21-17(19)20/h9-14H,5-8,18H2,1-4H3,(H,22,26)(H,23,25)(H4,19,20,21)/t12-,13-,14-/m0/s1. The Morgan fingerprint density at radius 2 is 1.73 bits per heavy atom. The zero-order valence-electron chi connectivity index (χ0n) is 16.2. The van der Waals surface area contributed by atoms with Crippen molar-refractivity contribution < 1.29 is 14.4 Å². The first-order chi connectivity index (χ1) is 12.1. The maximum Gasteiger partial charge on any atom is 0.243 e. The van der Waals surface area contributed by atoms with Crippen molar-refractivity contribution in [1.82, 2.24) is 16.0 Å². The van der Waals surface area contributed by atoms with Crippen molar-refractivity contribution in [1.29, 1.82) is 5.41 Å². The first-order valence-electron chi connectivity index (χ1n) is 8.98. The largest absolute Gasteiger partial charge is 0.370 e. The van der Waals surface area contributed by atoms with E-state index in [4.69, 9.17) is 16.9 Å². The van der Waals surface area contributed by atoms with E-state index < -0.39 is 24.0 Å². The van der Waals surface area contributed by atoms with E-state index >= 15 is 0 Å². The molecule has 9 nitrogen and oxygen atoms in total. The molecule has 0 unspecified atom stereocenters. The average Bonchev–Trinajstić information content (AvgIpc) is 2.53. The molecule has 0 aliphatic heterocycles. The van der Waals surface area contributed by atoms with Gasteiger partial charge in [0.25, 0.3) is 0 Å². The second-order valence-electron chi connectivity index (χ2n) is 7.20. The average molecular weight is 370 g/mol. The highest BCUT2D eigenvalue weighted by Gasteiger charge is 2.28. The fraction of sp³-hybridized carbons (Fsp3) is 0.765. The maximum atomic E-state index is 12.5. The summed E-state index contributed by atoms with van der Waals surface area (Å²) < 4.78 is 0. The minimum atomic E-state index is -0.765. The molecule has 8 N–H and O–H groups in total. The summed E-state index contributed by atoms with van der Waals surface area (Å²) in [5.74, 6) is -0.818. The molecule has 0 aliphatic rings. The summed E-state index contributed by atoms with van der Waals surface area (Å²) in [5.41, 5.74) is 11.0. The van der Waals surface area contributed by atoms with Gasteiger partial charge in [-0.1, -0.05) is 27.7 Å². The Hall–Kier alpha value is -2.16. The molecular formula is C17H34N6O3. The van der Waals surface area contributed by atoms with Gasteiger partial charge in [-0.25, -0.2) is 0 Å². The van der Waals surface area contributed by atoms with E-state index in [2.05, 4.69) is 16.0 Å². The van der Waals surface area contributed by atoms with E-state index in [0.29, 0.717) is 32.1 Å². The molecule has 0 heterocycles. The van der Waals surface area contributed by atoms with Gasteiger partial charge in [0.15, 0.2) is 5.96 Å². The van der Waals surface area contributed by atoms with Crippen molar-refractivity contribution in [3.8, 4) is 0 Å². The highest BCUT2D eigenvalue weighted by Crippen LogP contribution is 2.07. The molecule has 0 aromatic rings. The van der Waals surface area contributed by atoms with Crippen LogP contribution >= 0.6 is 0 Å². The lowest BCUT2D eigenvalue weighted by atomic mass is 10.00. The van der Waals surface area contributed by atoms with Crippen molar-refractivity contribution >= 4 is 24.1 Å². The van der Waals surface area contributed by atoms with Crippen LogP contribution in [0.5, 0.6) is 0 Å². The van der Waals surface area contributed by atoms with Crippen LogP contribution in [0.25, 0.3) is 0 Å². The molecule has 0 aliphatic carbocycles. The number of rotatable bonds is 12. The Morgan fingerprint density at radius 3 is 2.19 bits per heavy atom. The normalized spacial score (nSPS) is 14.4. The van der Waals surface area contributed by atoms with Gasteiger partial charge in [0.1, 0.15) is 12.3 Å². The predicted molar refractivity (Wildman–Crippen MR) is 101 cm³/mol. The van der Waals surface area contributed by atoms with Gasteiger partial charge in [-0.2, -0.15) is 0 Å². The van der Waals surface area contributed by atoms with Crippen LogP contribution in [-0.2, 0) is 14.4 Å². The second kappa shape index (κ2) is 12.2. The highest BCUT2D eigenvalue weighted by atomic mass is 16.2. The van der Waals surface area contributed by atoms with E-state index in [-0.39, 0.29) is 23.7 Å². The van der Waals surface area contributed by atoms with Crippen molar-refractivity contribution in [2.45, 2.75) is 65.1 Å². The molecule has 0 fully saturated rings. The van der Waals surface area contributed by atoms with E-state index in [1.54, 1.807) is 0 Å². The lowest BCUT2D eigenvalue weighted by molar-refractivity contribution is -0.131. The number of amides is 2. The number of carbonyl (C=O) groups excluding carboxylic acids is 3. The molecule has 0 bridgehead atoms. The van der Waals surface area contributed by atoms with E-state index in [0.717, 1.165) is 0 Å². The lowest BCUT2D eigenvalue weighted by Crippen LogP contribution is -2.55. The first kappa shape index (κ1) is 23.8. The van der Waals surface area contributed by atoms with Gasteiger partial charge in [-0.3, -0.25) is 15.0 Å². The predicted octanol–water partition coefficient (Wildman–Crippen LogP) is -0.552. The van der Waals surface area contributed by atoms with Crippen LogP contribution in [-0.4, -0.2) is 48.7 Å². The number of nitrogens with two attached hydrogens (primary N) is 2. The zero-order valence-corrected chi connectivity index (χ0v) is 16.2. The monoisotopic (exact) mass is 370 g/mol. The van der Waals surface area contributed by atoms with Gasteiger partial charge >= 0.3 is 0 Å². The summed E-state index contributed by atoms with van der Waals surface area (Å²) in [4.78, 5) is 35.9. The highest BCUT2D eigenvalue weighted by molar-refractivity contribution is 5.90.